The Kier molecular flexibility index (Phi) is 6.97. The van der Waals surface area contributed by atoms with Crippen LogP contribution >= 0.6 is 0 Å². The lowest BCUT2D eigenvalue weighted by atomic mass is 9.96. The van der Waals surface area contributed by atoms with Gasteiger partial charge in [0.15, 0.2) is 11.8 Å². The highest BCUT2D eigenvalue weighted by molar-refractivity contribution is 6.05. The van der Waals surface area contributed by atoms with Crippen molar-refractivity contribution in [1.29, 1.82) is 0 Å². The largest absolute Gasteiger partial charge is 0.480 e. The number of piperidine rings is 1. The Morgan fingerprint density at radius 1 is 1.07 bits per heavy atom. The molecule has 2 saturated heterocycles. The number of alkyl halides is 3. The van der Waals surface area contributed by atoms with Crippen LogP contribution in [0.1, 0.15) is 61.3 Å². The first-order valence-electron chi connectivity index (χ1n) is 14.0. The molecule has 3 aliphatic heterocycles. The van der Waals surface area contributed by atoms with Gasteiger partial charge in [-0.1, -0.05) is 24.3 Å². The van der Waals surface area contributed by atoms with Crippen LogP contribution in [-0.4, -0.2) is 48.7 Å². The van der Waals surface area contributed by atoms with E-state index < -0.39 is 23.8 Å². The molecule has 8 nitrogen and oxygen atoms in total. The topological polar surface area (TPSA) is 108 Å². The number of benzene rings is 2. The molecule has 2 aromatic carbocycles. The first-order chi connectivity index (χ1) is 19.5. The third kappa shape index (κ3) is 5.17. The second-order valence-electron chi connectivity index (χ2n) is 11.5. The van der Waals surface area contributed by atoms with E-state index in [0.29, 0.717) is 25.7 Å². The third-order valence-corrected chi connectivity index (χ3v) is 8.80. The minimum absolute atomic E-state index is 0.122. The molecule has 1 saturated carbocycles. The normalized spacial score (nSPS) is 26.1. The van der Waals surface area contributed by atoms with Crippen LogP contribution in [0.2, 0.25) is 0 Å². The van der Waals surface area contributed by atoms with Crippen LogP contribution in [0.5, 0.6) is 0 Å². The molecule has 3 fully saturated rings. The number of Topliss-reactive ketones (excluding diaryl/α,β-unsaturated/α-hetero) is 1. The number of carbonyl (C=O) groups excluding carboxylic acids is 1. The lowest BCUT2D eigenvalue weighted by molar-refractivity contribution is -0.139. The van der Waals surface area contributed by atoms with Gasteiger partial charge in [-0.15, -0.1) is 0 Å². The van der Waals surface area contributed by atoms with Gasteiger partial charge in [-0.05, 0) is 56.7 Å². The highest BCUT2D eigenvalue weighted by Crippen LogP contribution is 2.44. The Morgan fingerprint density at radius 3 is 2.39 bits per heavy atom. The summed E-state index contributed by atoms with van der Waals surface area (Å²) in [6.07, 6.45) is 0.0176. The van der Waals surface area contributed by atoms with Gasteiger partial charge in [0.05, 0.1) is 24.0 Å². The maximum Gasteiger partial charge on any atom is 0.417 e. The number of anilines is 2. The fraction of sp³-hybridized carbons (Fsp3) is 0.467. The zero-order chi connectivity index (χ0) is 29.1. The monoisotopic (exact) mass is 570 g/mol. The molecule has 2 bridgehead atoms. The summed E-state index contributed by atoms with van der Waals surface area (Å²) in [5.41, 5.74) is 10.7. The van der Waals surface area contributed by atoms with Crippen molar-refractivity contribution in [2.75, 3.05) is 23.6 Å². The van der Waals surface area contributed by atoms with Gasteiger partial charge in [0.1, 0.15) is 0 Å². The standard InChI is InChI=1S/C30H33F3N4O4/c1-36-25-14-19(10-11-22(25)27(35-36)29(39)40)37-17-8-9-18(37)13-20(12-17)41-15-23(28(38)16-6-7-16)26(34)21-4-2-3-5-24(21)30(31,32)33/h2-5,10-11,14,16-18,20,27,35H,6-9,12-13,15,34H2,1H3,(H,39,40)/t17-,18?,20?,27?/m0/s1. The first kappa shape index (κ1) is 27.6. The molecular formula is C30H33F3N4O4. The Morgan fingerprint density at radius 2 is 1.76 bits per heavy atom. The lowest BCUT2D eigenvalue weighted by Crippen LogP contribution is -2.46. The van der Waals surface area contributed by atoms with Crippen LogP contribution in [0.25, 0.3) is 5.70 Å². The van der Waals surface area contributed by atoms with Gasteiger partial charge in [-0.3, -0.25) is 9.59 Å². The number of rotatable bonds is 8. The number of fused-ring (bicyclic) bond motifs is 3. The van der Waals surface area contributed by atoms with Crippen LogP contribution in [0.3, 0.4) is 0 Å². The summed E-state index contributed by atoms with van der Waals surface area (Å²) in [6, 6.07) is 10.5. The number of ether oxygens (including phenoxy) is 1. The number of hydrogen-bond donors (Lipinski definition) is 3. The first-order valence-corrected chi connectivity index (χ1v) is 14.0. The van der Waals surface area contributed by atoms with E-state index in [1.807, 2.05) is 18.2 Å². The van der Waals surface area contributed by atoms with Crippen molar-refractivity contribution in [2.24, 2.45) is 11.7 Å². The van der Waals surface area contributed by atoms with Gasteiger partial charge in [0, 0.05) is 53.1 Å². The molecule has 4 aliphatic rings. The highest BCUT2D eigenvalue weighted by Gasteiger charge is 2.43. The van der Waals surface area contributed by atoms with Crippen molar-refractivity contribution in [3.8, 4) is 0 Å². The number of nitrogens with two attached hydrogens (primary N) is 1. The minimum Gasteiger partial charge on any atom is -0.480 e. The van der Waals surface area contributed by atoms with Crippen LogP contribution in [0, 0.1) is 5.92 Å². The van der Waals surface area contributed by atoms with Crippen LogP contribution in [-0.2, 0) is 20.5 Å². The Labute approximate surface area is 235 Å². The second-order valence-corrected chi connectivity index (χ2v) is 11.5. The van der Waals surface area contributed by atoms with Crippen LogP contribution < -0.4 is 21.1 Å². The molecule has 41 heavy (non-hydrogen) atoms. The molecule has 4 N–H and O–H groups in total. The van der Waals surface area contributed by atoms with E-state index in [2.05, 4.69) is 10.3 Å². The van der Waals surface area contributed by atoms with Crippen molar-refractivity contribution < 1.29 is 32.6 Å². The SMILES string of the molecule is CN1NC(C(=O)O)c2ccc(N3C4CC[C@H]3CC(OCC(C(=O)C3CC3)=C(N)c3ccccc3C(F)(F)F)C4)cc21. The molecule has 4 atom stereocenters. The summed E-state index contributed by atoms with van der Waals surface area (Å²) in [4.78, 5) is 27.2. The van der Waals surface area contributed by atoms with Crippen LogP contribution in [0.4, 0.5) is 24.5 Å². The molecule has 11 heteroatoms. The van der Waals surface area contributed by atoms with Crippen molar-refractivity contribution in [3.05, 3.63) is 64.7 Å². The maximum absolute atomic E-state index is 13.7. The average molecular weight is 571 g/mol. The number of carbonyl (C=O) groups is 2. The molecule has 3 heterocycles. The lowest BCUT2D eigenvalue weighted by Gasteiger charge is -2.40. The van der Waals surface area contributed by atoms with Crippen molar-refractivity contribution in [2.45, 2.75) is 68.9 Å². The summed E-state index contributed by atoms with van der Waals surface area (Å²) < 4.78 is 47.4. The predicted molar refractivity (Wildman–Crippen MR) is 147 cm³/mol. The van der Waals surface area contributed by atoms with Crippen molar-refractivity contribution >= 4 is 28.8 Å². The molecule has 1 aliphatic carbocycles. The maximum atomic E-state index is 13.7. The van der Waals surface area contributed by atoms with E-state index in [1.165, 1.54) is 18.2 Å². The number of aliphatic carboxylic acids is 1. The summed E-state index contributed by atoms with van der Waals surface area (Å²) in [7, 11) is 1.80. The quantitative estimate of drug-likeness (QED) is 0.394. The number of hydrazine groups is 1. The molecule has 0 amide bonds. The predicted octanol–water partition coefficient (Wildman–Crippen LogP) is 4.65. The number of halogens is 3. The van der Waals surface area contributed by atoms with E-state index >= 15 is 0 Å². The summed E-state index contributed by atoms with van der Waals surface area (Å²) in [6.45, 7) is -0.122. The number of nitrogens with one attached hydrogen (secondary N) is 1. The zero-order valence-electron chi connectivity index (χ0n) is 22.7. The third-order valence-electron chi connectivity index (χ3n) is 8.80. The molecule has 2 aromatic rings. The molecule has 3 unspecified atom stereocenters. The van der Waals surface area contributed by atoms with Gasteiger partial charge in [0.25, 0.3) is 0 Å². The number of carboxylic acids is 1. The number of nitrogens with zero attached hydrogens (tertiary/aromatic N) is 2. The van der Waals surface area contributed by atoms with Gasteiger partial charge >= 0.3 is 12.1 Å². The van der Waals surface area contributed by atoms with E-state index in [-0.39, 0.29) is 53.3 Å². The summed E-state index contributed by atoms with van der Waals surface area (Å²) in [5, 5.41) is 11.3. The molecule has 0 aromatic heterocycles. The summed E-state index contributed by atoms with van der Waals surface area (Å²) in [5.74, 6) is -1.37. The molecule has 218 valence electrons. The number of hydrogen-bond acceptors (Lipinski definition) is 7. The zero-order valence-corrected chi connectivity index (χ0v) is 22.7. The van der Waals surface area contributed by atoms with E-state index in [9.17, 15) is 27.9 Å². The Bertz CT molecular complexity index is 1390. The highest BCUT2D eigenvalue weighted by atomic mass is 19.4. The average Bonchev–Trinajstić information content (AvgIpc) is 3.69. The van der Waals surface area contributed by atoms with E-state index in [4.69, 9.17) is 10.5 Å². The van der Waals surface area contributed by atoms with Crippen molar-refractivity contribution in [1.82, 2.24) is 5.43 Å². The fourth-order valence-electron chi connectivity index (χ4n) is 6.64. The van der Waals surface area contributed by atoms with Gasteiger partial charge in [-0.2, -0.15) is 13.2 Å². The molecule has 6 rings (SSSR count). The molecule has 0 radical (unpaired) electrons. The van der Waals surface area contributed by atoms with E-state index in [1.54, 1.807) is 12.1 Å². The Balaban J connectivity index is 1.19. The molecular weight excluding hydrogens is 537 g/mol. The van der Waals surface area contributed by atoms with Crippen LogP contribution in [0.15, 0.2) is 48.0 Å². The smallest absolute Gasteiger partial charge is 0.417 e. The van der Waals surface area contributed by atoms with Crippen molar-refractivity contribution in [3.63, 3.8) is 0 Å². The Hall–Kier alpha value is -3.57. The fourth-order valence-corrected chi connectivity index (χ4v) is 6.64. The minimum atomic E-state index is -4.60. The molecule has 0 spiro atoms. The van der Waals surface area contributed by atoms with Gasteiger partial charge < -0.3 is 25.5 Å². The van der Waals surface area contributed by atoms with E-state index in [0.717, 1.165) is 35.8 Å². The number of carboxylic acid groups (broad SMARTS) is 1. The summed E-state index contributed by atoms with van der Waals surface area (Å²) >= 11 is 0. The second kappa shape index (κ2) is 10.4. The number of ketones is 1. The van der Waals surface area contributed by atoms with Gasteiger partial charge in [0.2, 0.25) is 0 Å². The van der Waals surface area contributed by atoms with Gasteiger partial charge in [-0.25, -0.2) is 5.43 Å².